The van der Waals surface area contributed by atoms with Gasteiger partial charge in [0.25, 0.3) is 11.1 Å². The number of rotatable bonds is 4. The van der Waals surface area contributed by atoms with Crippen LogP contribution in [0, 0.1) is 23.7 Å². The van der Waals surface area contributed by atoms with Gasteiger partial charge in [-0.25, -0.2) is 9.59 Å². The molecule has 0 aliphatic heterocycles. The van der Waals surface area contributed by atoms with Crippen molar-refractivity contribution in [2.45, 2.75) is 91.1 Å². The summed E-state index contributed by atoms with van der Waals surface area (Å²) in [6.07, 6.45) is 7.84. The molecule has 2 fully saturated rings. The molecule has 0 unspecified atom stereocenters. The Morgan fingerprint density at radius 2 is 0.932 bits per heavy atom. The zero-order valence-electron chi connectivity index (χ0n) is 26.3. The number of fused-ring (bicyclic) bond motifs is 2. The van der Waals surface area contributed by atoms with E-state index in [0.717, 1.165) is 51.4 Å². The summed E-state index contributed by atoms with van der Waals surface area (Å²) in [5.74, 6) is 2.71. The van der Waals surface area contributed by atoms with Crippen LogP contribution < -0.4 is 34.0 Å². The smallest absolute Gasteiger partial charge is 0.329 e. The number of hydrogen-bond acceptors (Lipinski definition) is 6. The van der Waals surface area contributed by atoms with Gasteiger partial charge in [-0.1, -0.05) is 27.7 Å². The number of H-pyrrole nitrogens is 2. The summed E-state index contributed by atoms with van der Waals surface area (Å²) >= 11 is 0. The Morgan fingerprint density at radius 3 is 1.25 bits per heavy atom. The van der Waals surface area contributed by atoms with Crippen molar-refractivity contribution in [2.75, 3.05) is 11.5 Å². The van der Waals surface area contributed by atoms with Gasteiger partial charge in [-0.05, 0) is 111 Å². The minimum atomic E-state index is -0.310. The second kappa shape index (κ2) is 12.9. The lowest BCUT2D eigenvalue weighted by Crippen LogP contribution is -2.39. The Balaban J connectivity index is 0.000000175. The van der Waals surface area contributed by atoms with Crippen molar-refractivity contribution in [2.24, 2.45) is 23.7 Å². The first-order valence-electron chi connectivity index (χ1n) is 16.0. The lowest BCUT2D eigenvalue weighted by atomic mass is 9.79. The number of nitrogen functional groups attached to an aromatic ring is 2. The number of aromatic amines is 2. The Morgan fingerprint density at radius 1 is 0.591 bits per heavy atom. The average molecular weight is 603 g/mol. The molecule has 10 nitrogen and oxygen atoms in total. The van der Waals surface area contributed by atoms with Gasteiger partial charge in [0, 0.05) is 23.5 Å². The molecule has 2 heterocycles. The second-order valence-corrected chi connectivity index (χ2v) is 13.4. The number of nitrogens with one attached hydrogen (secondary N) is 2. The van der Waals surface area contributed by atoms with Crippen molar-refractivity contribution in [3.63, 3.8) is 0 Å². The van der Waals surface area contributed by atoms with Crippen LogP contribution in [0.4, 0.5) is 11.4 Å². The molecule has 2 saturated carbocycles. The number of anilines is 2. The van der Waals surface area contributed by atoms with E-state index in [9.17, 15) is 19.2 Å². The van der Waals surface area contributed by atoms with Gasteiger partial charge in [-0.15, -0.1) is 0 Å². The highest BCUT2D eigenvalue weighted by molar-refractivity contribution is 5.81. The number of aromatic nitrogens is 4. The van der Waals surface area contributed by atoms with Gasteiger partial charge in [0.15, 0.2) is 0 Å². The maximum atomic E-state index is 12.7. The summed E-state index contributed by atoms with van der Waals surface area (Å²) in [5.41, 5.74) is 12.6. The predicted molar refractivity (Wildman–Crippen MR) is 178 cm³/mol. The van der Waals surface area contributed by atoms with Gasteiger partial charge in [-0.3, -0.25) is 18.7 Å². The largest absolute Gasteiger partial charge is 0.399 e. The molecule has 2 aliphatic carbocycles. The quantitative estimate of drug-likeness (QED) is 0.231. The second-order valence-electron chi connectivity index (χ2n) is 13.4. The molecule has 0 radical (unpaired) electrons. The molecule has 6 rings (SSSR count). The Bertz CT molecular complexity index is 1730. The van der Waals surface area contributed by atoms with Crippen LogP contribution >= 0.6 is 0 Å². The van der Waals surface area contributed by atoms with Gasteiger partial charge >= 0.3 is 11.4 Å². The van der Waals surface area contributed by atoms with E-state index in [0.29, 0.717) is 56.9 Å². The molecule has 0 saturated heterocycles. The van der Waals surface area contributed by atoms with Crippen LogP contribution in [0.2, 0.25) is 0 Å². The zero-order chi connectivity index (χ0) is 31.7. The van der Waals surface area contributed by atoms with Crippen molar-refractivity contribution in [1.82, 2.24) is 19.1 Å². The van der Waals surface area contributed by atoms with Crippen LogP contribution in [0.3, 0.4) is 0 Å². The first kappa shape index (κ1) is 31.3. The molecular formula is C34H46N6O4. The maximum absolute atomic E-state index is 12.7. The van der Waals surface area contributed by atoms with Crippen LogP contribution in [-0.4, -0.2) is 19.1 Å². The van der Waals surface area contributed by atoms with E-state index in [-0.39, 0.29) is 34.6 Å². The molecular weight excluding hydrogens is 556 g/mol. The first-order valence-corrected chi connectivity index (χ1v) is 16.0. The minimum absolute atomic E-state index is 0.00270. The molecule has 2 aliphatic rings. The van der Waals surface area contributed by atoms with E-state index in [1.165, 1.54) is 9.13 Å². The summed E-state index contributed by atoms with van der Waals surface area (Å²) in [7, 11) is 0. The molecule has 10 heteroatoms. The Hall–Kier alpha value is -4.08. The van der Waals surface area contributed by atoms with Crippen molar-refractivity contribution in [3.8, 4) is 0 Å². The maximum Gasteiger partial charge on any atom is 0.329 e. The third kappa shape index (κ3) is 6.39. The van der Waals surface area contributed by atoms with Gasteiger partial charge in [-0.2, -0.15) is 0 Å². The van der Waals surface area contributed by atoms with Gasteiger partial charge < -0.3 is 21.4 Å². The average Bonchev–Trinajstić information content (AvgIpc) is 2.99. The third-order valence-electron chi connectivity index (χ3n) is 10.0. The van der Waals surface area contributed by atoms with Crippen LogP contribution in [0.25, 0.3) is 21.8 Å². The molecule has 4 aromatic rings. The molecule has 2 aromatic carbocycles. The Labute approximate surface area is 256 Å². The van der Waals surface area contributed by atoms with Crippen LogP contribution in [-0.2, 0) is 0 Å². The van der Waals surface area contributed by atoms with Crippen molar-refractivity contribution in [3.05, 3.63) is 78.1 Å². The highest BCUT2D eigenvalue weighted by Gasteiger charge is 2.28. The SMILES string of the molecule is CC(C)C1CCC(n2c(=O)[nH]c3ccc(N)cc3c2=O)CC1.CC(C)C1CCC(n2c(=O)[nH]c3ccc(N)cc3c2=O)CC1. The lowest BCUT2D eigenvalue weighted by molar-refractivity contribution is 0.220. The summed E-state index contributed by atoms with van der Waals surface area (Å²) in [6, 6.07) is 10.0. The van der Waals surface area contributed by atoms with E-state index < -0.39 is 0 Å². The zero-order valence-corrected chi connectivity index (χ0v) is 26.3. The molecule has 0 spiro atoms. The molecule has 236 valence electrons. The predicted octanol–water partition coefficient (Wildman–Crippen LogP) is 5.32. The Kier molecular flexibility index (Phi) is 9.18. The summed E-state index contributed by atoms with van der Waals surface area (Å²) < 4.78 is 2.80. The van der Waals surface area contributed by atoms with E-state index >= 15 is 0 Å². The van der Waals surface area contributed by atoms with Gasteiger partial charge in [0.2, 0.25) is 0 Å². The van der Waals surface area contributed by atoms with E-state index in [4.69, 9.17) is 11.5 Å². The third-order valence-corrected chi connectivity index (χ3v) is 10.0. The minimum Gasteiger partial charge on any atom is -0.399 e. The van der Waals surface area contributed by atoms with Crippen LogP contribution in [0.1, 0.15) is 91.1 Å². The normalized spacial score (nSPS) is 22.3. The fourth-order valence-corrected chi connectivity index (χ4v) is 7.21. The highest BCUT2D eigenvalue weighted by Crippen LogP contribution is 2.36. The highest BCUT2D eigenvalue weighted by atomic mass is 16.2. The molecule has 44 heavy (non-hydrogen) atoms. The molecule has 0 amide bonds. The molecule has 2 aromatic heterocycles. The monoisotopic (exact) mass is 602 g/mol. The van der Waals surface area contributed by atoms with Crippen molar-refractivity contribution >= 4 is 33.2 Å². The van der Waals surface area contributed by atoms with Crippen LogP contribution in [0.5, 0.6) is 0 Å². The molecule has 0 bridgehead atoms. The lowest BCUT2D eigenvalue weighted by Gasteiger charge is -2.31. The van der Waals surface area contributed by atoms with Gasteiger partial charge in [0.1, 0.15) is 0 Å². The van der Waals surface area contributed by atoms with E-state index in [1.807, 2.05) is 0 Å². The van der Waals surface area contributed by atoms with E-state index in [1.54, 1.807) is 36.4 Å². The number of nitrogens with zero attached hydrogens (tertiary/aromatic N) is 2. The number of benzene rings is 2. The summed E-state index contributed by atoms with van der Waals surface area (Å²) in [4.78, 5) is 55.7. The standard InChI is InChI=1S/2C17H23N3O2/c2*1-10(2)11-3-6-13(7-4-11)20-16(21)14-9-12(18)5-8-15(14)19-17(20)22/h2*5,8-11,13H,3-4,6-7,18H2,1-2H3,(H,19,22). The van der Waals surface area contributed by atoms with Gasteiger partial charge in [0.05, 0.1) is 21.8 Å². The summed E-state index contributed by atoms with van der Waals surface area (Å²) in [5, 5.41) is 0.983. The molecule has 0 atom stereocenters. The first-order chi connectivity index (χ1) is 20.9. The van der Waals surface area contributed by atoms with E-state index in [2.05, 4.69) is 37.7 Å². The summed E-state index contributed by atoms with van der Waals surface area (Å²) in [6.45, 7) is 8.96. The number of hydrogen-bond donors (Lipinski definition) is 4. The van der Waals surface area contributed by atoms with Crippen molar-refractivity contribution in [1.29, 1.82) is 0 Å². The fraction of sp³-hybridized carbons (Fsp3) is 0.529. The topological polar surface area (TPSA) is 162 Å². The number of nitrogens with two attached hydrogens (primary N) is 2. The molecule has 6 N–H and O–H groups in total. The fourth-order valence-electron chi connectivity index (χ4n) is 7.21. The van der Waals surface area contributed by atoms with Crippen LogP contribution in [0.15, 0.2) is 55.6 Å². The van der Waals surface area contributed by atoms with Crippen molar-refractivity contribution < 1.29 is 0 Å².